The van der Waals surface area contributed by atoms with Gasteiger partial charge in [-0.25, -0.2) is 9.97 Å². The number of carbonyl (C=O) groups excluding carboxylic acids is 1. The first-order chi connectivity index (χ1) is 13.2. The van der Waals surface area contributed by atoms with E-state index < -0.39 is 0 Å². The summed E-state index contributed by atoms with van der Waals surface area (Å²) in [5.41, 5.74) is 2.67. The smallest absolute Gasteiger partial charge is 0.224 e. The fourth-order valence-corrected chi connectivity index (χ4v) is 3.83. The van der Waals surface area contributed by atoms with Gasteiger partial charge in [-0.1, -0.05) is 19.1 Å². The van der Waals surface area contributed by atoms with Gasteiger partial charge in [-0.15, -0.1) is 24.8 Å². The Balaban J connectivity index is 0.00000150. The van der Waals surface area contributed by atoms with Crippen LogP contribution in [-0.4, -0.2) is 33.5 Å². The molecule has 3 heterocycles. The molecule has 1 aromatic carbocycles. The molecule has 156 valence electrons. The van der Waals surface area contributed by atoms with Crippen molar-refractivity contribution >= 4 is 47.4 Å². The zero-order chi connectivity index (χ0) is 18.6. The zero-order valence-corrected chi connectivity index (χ0v) is 18.0. The summed E-state index contributed by atoms with van der Waals surface area (Å²) in [5, 5.41) is 6.35. The average molecular weight is 436 g/mol. The van der Waals surface area contributed by atoms with E-state index >= 15 is 0 Å². The van der Waals surface area contributed by atoms with Gasteiger partial charge in [-0.05, 0) is 62.0 Å². The van der Waals surface area contributed by atoms with Crippen molar-refractivity contribution in [1.29, 1.82) is 0 Å². The summed E-state index contributed by atoms with van der Waals surface area (Å²) in [4.78, 5) is 21.3. The third-order valence-electron chi connectivity index (χ3n) is 5.43. The lowest BCUT2D eigenvalue weighted by atomic mass is 9.84. The Morgan fingerprint density at radius 1 is 1.17 bits per heavy atom. The monoisotopic (exact) mass is 435 g/mol. The second-order valence-electron chi connectivity index (χ2n) is 7.33. The van der Waals surface area contributed by atoms with Crippen LogP contribution in [0.2, 0.25) is 0 Å². The maximum absolute atomic E-state index is 12.4. The summed E-state index contributed by atoms with van der Waals surface area (Å²) in [5.74, 6) is 1.87. The van der Waals surface area contributed by atoms with Crippen LogP contribution in [0, 0.1) is 11.8 Å². The predicted octanol–water partition coefficient (Wildman–Crippen LogP) is 4.23. The second kappa shape index (κ2) is 10.6. The largest absolute Gasteiger partial charge is 0.325 e. The number of aromatic nitrogens is 3. The first-order valence-electron chi connectivity index (χ1n) is 9.60. The van der Waals surface area contributed by atoms with Crippen LogP contribution in [0.4, 0.5) is 5.69 Å². The summed E-state index contributed by atoms with van der Waals surface area (Å²) in [6, 6.07) is 11.7. The van der Waals surface area contributed by atoms with Crippen molar-refractivity contribution in [1.82, 2.24) is 19.9 Å². The van der Waals surface area contributed by atoms with Crippen molar-refractivity contribution in [3.63, 3.8) is 0 Å². The highest BCUT2D eigenvalue weighted by molar-refractivity contribution is 5.90. The minimum atomic E-state index is 0. The molecule has 6 nitrogen and oxygen atoms in total. The van der Waals surface area contributed by atoms with E-state index in [1.165, 1.54) is 0 Å². The quantitative estimate of drug-likeness (QED) is 0.628. The molecule has 29 heavy (non-hydrogen) atoms. The second-order valence-corrected chi connectivity index (χ2v) is 7.33. The molecule has 0 radical (unpaired) electrons. The number of benzene rings is 1. The highest BCUT2D eigenvalue weighted by Gasteiger charge is 2.22. The summed E-state index contributed by atoms with van der Waals surface area (Å²) < 4.78 is 1.94. The molecule has 1 atom stereocenters. The Kier molecular flexibility index (Phi) is 8.44. The third-order valence-corrected chi connectivity index (χ3v) is 5.43. The molecule has 1 saturated heterocycles. The van der Waals surface area contributed by atoms with Crippen molar-refractivity contribution in [2.75, 3.05) is 18.4 Å². The number of imidazole rings is 1. The lowest BCUT2D eigenvalue weighted by Crippen LogP contribution is -2.32. The van der Waals surface area contributed by atoms with Crippen LogP contribution < -0.4 is 10.6 Å². The number of amides is 1. The highest BCUT2D eigenvalue weighted by atomic mass is 35.5. The normalized spacial score (nSPS) is 15.2. The Labute approximate surface area is 183 Å². The van der Waals surface area contributed by atoms with Gasteiger partial charge in [-0.2, -0.15) is 0 Å². The van der Waals surface area contributed by atoms with E-state index in [2.05, 4.69) is 27.5 Å². The van der Waals surface area contributed by atoms with Crippen LogP contribution in [0.5, 0.6) is 0 Å². The molecule has 1 aliphatic rings. The molecule has 1 fully saturated rings. The molecule has 8 heteroatoms. The van der Waals surface area contributed by atoms with E-state index in [0.717, 1.165) is 48.5 Å². The van der Waals surface area contributed by atoms with E-state index in [1.807, 2.05) is 41.0 Å². The van der Waals surface area contributed by atoms with Gasteiger partial charge in [0.2, 0.25) is 5.91 Å². The van der Waals surface area contributed by atoms with E-state index in [-0.39, 0.29) is 30.7 Å². The molecule has 1 amide bonds. The molecule has 2 N–H and O–H groups in total. The van der Waals surface area contributed by atoms with Gasteiger partial charge in [-0.3, -0.25) is 9.36 Å². The number of fused-ring (bicyclic) bond motifs is 1. The fourth-order valence-electron chi connectivity index (χ4n) is 3.83. The number of anilines is 1. The summed E-state index contributed by atoms with van der Waals surface area (Å²) in [6.07, 6.45) is 6.34. The maximum atomic E-state index is 12.4. The Morgan fingerprint density at radius 3 is 2.66 bits per heavy atom. The van der Waals surface area contributed by atoms with Crippen molar-refractivity contribution in [2.45, 2.75) is 26.2 Å². The van der Waals surface area contributed by atoms with E-state index in [9.17, 15) is 4.79 Å². The van der Waals surface area contributed by atoms with Crippen LogP contribution in [-0.2, 0) is 4.79 Å². The minimum absolute atomic E-state index is 0. The number of halogens is 2. The highest BCUT2D eigenvalue weighted by Crippen LogP contribution is 2.25. The number of nitrogens with one attached hydrogen (secondary N) is 2. The maximum Gasteiger partial charge on any atom is 0.224 e. The number of hydrogen-bond donors (Lipinski definition) is 2. The van der Waals surface area contributed by atoms with Crippen LogP contribution in [0.15, 0.2) is 48.9 Å². The molecule has 1 unspecified atom stereocenters. The van der Waals surface area contributed by atoms with E-state index in [0.29, 0.717) is 18.3 Å². The molecule has 0 saturated carbocycles. The van der Waals surface area contributed by atoms with Gasteiger partial charge in [0, 0.05) is 6.42 Å². The SMILES string of the molecule is CC(CC(=O)Nc1ccc(-n2cnc3ccccc32)nc1)C1CCNCC1.Cl.Cl. The van der Waals surface area contributed by atoms with Crippen molar-refractivity contribution in [3.8, 4) is 5.82 Å². The standard InChI is InChI=1S/C21H25N5O.2ClH/c1-15(16-8-10-22-11-9-16)12-21(27)25-17-6-7-20(23-13-17)26-14-24-18-4-2-3-5-19(18)26;;/h2-7,13-16,22H,8-12H2,1H3,(H,25,27);2*1H. The number of nitrogens with zero attached hydrogens (tertiary/aromatic N) is 3. The Bertz CT molecular complexity index is 922. The molecule has 2 aromatic heterocycles. The minimum Gasteiger partial charge on any atom is -0.325 e. The third kappa shape index (κ3) is 5.47. The first-order valence-corrected chi connectivity index (χ1v) is 9.60. The van der Waals surface area contributed by atoms with Crippen LogP contribution >= 0.6 is 24.8 Å². The lowest BCUT2D eigenvalue weighted by Gasteiger charge is -2.27. The zero-order valence-electron chi connectivity index (χ0n) is 16.4. The number of pyridine rings is 1. The van der Waals surface area contributed by atoms with Crippen LogP contribution in [0.25, 0.3) is 16.9 Å². The Hall–Kier alpha value is -2.15. The predicted molar refractivity (Wildman–Crippen MR) is 121 cm³/mol. The number of hydrogen-bond acceptors (Lipinski definition) is 4. The molecular weight excluding hydrogens is 409 g/mol. The summed E-state index contributed by atoms with van der Waals surface area (Å²) in [7, 11) is 0. The van der Waals surface area contributed by atoms with Crippen LogP contribution in [0.3, 0.4) is 0 Å². The van der Waals surface area contributed by atoms with Gasteiger partial charge in [0.25, 0.3) is 0 Å². The van der Waals surface area contributed by atoms with Crippen LogP contribution in [0.1, 0.15) is 26.2 Å². The molecule has 4 rings (SSSR count). The van der Waals surface area contributed by atoms with Gasteiger partial charge < -0.3 is 10.6 Å². The van der Waals surface area contributed by atoms with Crippen molar-refractivity contribution < 1.29 is 4.79 Å². The van der Waals surface area contributed by atoms with Gasteiger partial charge in [0.05, 0.1) is 22.9 Å². The lowest BCUT2D eigenvalue weighted by molar-refractivity contribution is -0.117. The fraction of sp³-hybridized carbons (Fsp3) is 0.381. The van der Waals surface area contributed by atoms with Gasteiger partial charge >= 0.3 is 0 Å². The molecular formula is C21H27Cl2N5O. The van der Waals surface area contributed by atoms with Crippen molar-refractivity contribution in [2.24, 2.45) is 11.8 Å². The average Bonchev–Trinajstić information content (AvgIpc) is 3.13. The molecule has 3 aromatic rings. The van der Waals surface area contributed by atoms with Gasteiger partial charge in [0.15, 0.2) is 0 Å². The summed E-state index contributed by atoms with van der Waals surface area (Å²) >= 11 is 0. The Morgan fingerprint density at radius 2 is 1.93 bits per heavy atom. The van der Waals surface area contributed by atoms with Gasteiger partial charge in [0.1, 0.15) is 12.1 Å². The number of rotatable bonds is 5. The molecule has 0 spiro atoms. The number of piperidine rings is 1. The number of carbonyl (C=O) groups is 1. The van der Waals surface area contributed by atoms with E-state index in [4.69, 9.17) is 0 Å². The topological polar surface area (TPSA) is 71.8 Å². The molecule has 0 bridgehead atoms. The number of para-hydroxylation sites is 2. The first kappa shape index (κ1) is 23.1. The molecule has 1 aliphatic heterocycles. The van der Waals surface area contributed by atoms with E-state index in [1.54, 1.807) is 12.5 Å². The van der Waals surface area contributed by atoms with Crippen molar-refractivity contribution in [3.05, 3.63) is 48.9 Å². The summed E-state index contributed by atoms with van der Waals surface area (Å²) in [6.45, 7) is 4.30. The molecule has 0 aliphatic carbocycles.